The molecule has 0 aromatic heterocycles. The molecule has 2 bridgehead atoms. The number of imide groups is 1. The molecule has 3 aromatic carbocycles. The van der Waals surface area contributed by atoms with E-state index in [0.29, 0.717) is 5.56 Å². The van der Waals surface area contributed by atoms with Crippen molar-refractivity contribution in [3.63, 3.8) is 0 Å². The van der Waals surface area contributed by atoms with Crippen molar-refractivity contribution in [3.05, 3.63) is 106 Å². The molecule has 1 heterocycles. The van der Waals surface area contributed by atoms with E-state index in [2.05, 4.69) is 29.4 Å². The molecule has 0 radical (unpaired) electrons. The van der Waals surface area contributed by atoms with Crippen LogP contribution in [0.15, 0.2) is 77.9 Å². The summed E-state index contributed by atoms with van der Waals surface area (Å²) in [5.74, 6) is -2.05. The number of amides is 2. The van der Waals surface area contributed by atoms with Gasteiger partial charge in [0, 0.05) is 11.8 Å². The van der Waals surface area contributed by atoms with Gasteiger partial charge >= 0.3 is 0 Å². The second kappa shape index (κ2) is 6.20. The number of benzene rings is 3. The Morgan fingerprint density at radius 3 is 1.57 bits per heavy atom. The third-order valence-electron chi connectivity index (χ3n) is 6.62. The van der Waals surface area contributed by atoms with Crippen LogP contribution in [-0.4, -0.2) is 23.0 Å². The van der Waals surface area contributed by atoms with Crippen LogP contribution in [0.3, 0.4) is 0 Å². The number of hydrogen-bond acceptors (Lipinski definition) is 3. The molecule has 7 rings (SSSR count). The van der Waals surface area contributed by atoms with Crippen molar-refractivity contribution < 1.29 is 14.0 Å². The maximum Gasteiger partial charge on any atom is 0.254 e. The Bertz CT molecular complexity index is 1120. The minimum atomic E-state index is -0.447. The van der Waals surface area contributed by atoms with Crippen LogP contribution < -0.4 is 0 Å². The number of halogens is 1. The molecule has 4 aliphatic rings. The highest BCUT2D eigenvalue weighted by Crippen LogP contribution is 2.60. The zero-order valence-electron chi connectivity index (χ0n) is 15.9. The number of nitrogens with zero attached hydrogens (tertiary/aromatic N) is 2. The number of hydrazone groups is 1. The average Bonchev–Trinajstić information content (AvgIpc) is 3.04. The lowest BCUT2D eigenvalue weighted by atomic mass is 9.55. The van der Waals surface area contributed by atoms with Crippen molar-refractivity contribution in [3.8, 4) is 0 Å². The number of carbonyl (C=O) groups excluding carboxylic acids is 2. The summed E-state index contributed by atoms with van der Waals surface area (Å²) < 4.78 is 13.1. The molecule has 4 nitrogen and oxygen atoms in total. The molecule has 2 atom stereocenters. The van der Waals surface area contributed by atoms with Crippen molar-refractivity contribution >= 4 is 18.0 Å². The number of carbonyl (C=O) groups is 2. The van der Waals surface area contributed by atoms with Crippen LogP contribution in [0.1, 0.15) is 39.7 Å². The van der Waals surface area contributed by atoms with Crippen molar-refractivity contribution in [2.75, 3.05) is 0 Å². The van der Waals surface area contributed by atoms with Crippen LogP contribution in [0, 0.1) is 17.7 Å². The molecule has 2 amide bonds. The summed E-state index contributed by atoms with van der Waals surface area (Å²) in [7, 11) is 0. The Morgan fingerprint density at radius 1 is 0.700 bits per heavy atom. The third-order valence-corrected chi connectivity index (χ3v) is 6.62. The van der Waals surface area contributed by atoms with Crippen molar-refractivity contribution in [2.24, 2.45) is 16.9 Å². The van der Waals surface area contributed by atoms with Crippen LogP contribution >= 0.6 is 0 Å². The van der Waals surface area contributed by atoms with E-state index in [-0.39, 0.29) is 29.5 Å². The highest BCUT2D eigenvalue weighted by molar-refractivity contribution is 6.08. The molecule has 1 aliphatic heterocycles. The maximum atomic E-state index is 13.4. The first-order valence-electron chi connectivity index (χ1n) is 10.00. The maximum absolute atomic E-state index is 13.4. The van der Waals surface area contributed by atoms with Gasteiger partial charge in [-0.3, -0.25) is 9.59 Å². The van der Waals surface area contributed by atoms with Crippen molar-refractivity contribution in [1.29, 1.82) is 0 Å². The van der Waals surface area contributed by atoms with Crippen LogP contribution in [0.2, 0.25) is 0 Å². The van der Waals surface area contributed by atoms with Gasteiger partial charge in [0.15, 0.2) is 0 Å². The first kappa shape index (κ1) is 17.3. The second-order valence-corrected chi connectivity index (χ2v) is 8.05. The first-order chi connectivity index (χ1) is 14.6. The van der Waals surface area contributed by atoms with E-state index < -0.39 is 11.8 Å². The Balaban J connectivity index is 1.45. The summed E-state index contributed by atoms with van der Waals surface area (Å²) in [4.78, 5) is 26.7. The van der Waals surface area contributed by atoms with Gasteiger partial charge in [-0.15, -0.1) is 0 Å². The third kappa shape index (κ3) is 2.23. The zero-order chi connectivity index (χ0) is 20.4. The highest BCUT2D eigenvalue weighted by atomic mass is 19.1. The van der Waals surface area contributed by atoms with Crippen molar-refractivity contribution in [2.45, 2.75) is 11.8 Å². The molecule has 5 heteroatoms. The Hall–Kier alpha value is -3.60. The summed E-state index contributed by atoms with van der Waals surface area (Å²) in [5, 5.41) is 5.24. The predicted molar refractivity (Wildman–Crippen MR) is 109 cm³/mol. The summed E-state index contributed by atoms with van der Waals surface area (Å²) in [6.07, 6.45) is 1.44. The average molecular weight is 396 g/mol. The molecule has 0 unspecified atom stereocenters. The fourth-order valence-electron chi connectivity index (χ4n) is 5.45. The van der Waals surface area contributed by atoms with Gasteiger partial charge in [0.1, 0.15) is 5.82 Å². The van der Waals surface area contributed by atoms with Crippen LogP contribution in [0.25, 0.3) is 0 Å². The lowest BCUT2D eigenvalue weighted by Gasteiger charge is -2.45. The van der Waals surface area contributed by atoms with Crippen LogP contribution in [0.5, 0.6) is 0 Å². The monoisotopic (exact) mass is 396 g/mol. The summed E-state index contributed by atoms with van der Waals surface area (Å²) >= 11 is 0. The fraction of sp³-hybridized carbons (Fsp3) is 0.160. The van der Waals surface area contributed by atoms with Crippen LogP contribution in [-0.2, 0) is 9.59 Å². The molecule has 3 aliphatic carbocycles. The quantitative estimate of drug-likeness (QED) is 0.485. The molecule has 0 spiro atoms. The minimum Gasteiger partial charge on any atom is -0.272 e. The fourth-order valence-corrected chi connectivity index (χ4v) is 5.45. The second-order valence-electron chi connectivity index (χ2n) is 8.05. The molecule has 0 N–H and O–H groups in total. The Kier molecular flexibility index (Phi) is 3.57. The highest BCUT2D eigenvalue weighted by Gasteiger charge is 2.61. The van der Waals surface area contributed by atoms with Gasteiger partial charge < -0.3 is 0 Å². The zero-order valence-corrected chi connectivity index (χ0v) is 15.9. The molecule has 1 fully saturated rings. The van der Waals surface area contributed by atoms with Gasteiger partial charge in [-0.25, -0.2) is 4.39 Å². The lowest BCUT2D eigenvalue weighted by Crippen LogP contribution is -2.41. The Labute approximate surface area is 172 Å². The van der Waals surface area contributed by atoms with Crippen molar-refractivity contribution in [1.82, 2.24) is 5.01 Å². The molecule has 0 saturated carbocycles. The smallest absolute Gasteiger partial charge is 0.254 e. The van der Waals surface area contributed by atoms with E-state index in [1.165, 1.54) is 18.3 Å². The summed E-state index contributed by atoms with van der Waals surface area (Å²) in [6.45, 7) is 0. The van der Waals surface area contributed by atoms with Gasteiger partial charge in [-0.2, -0.15) is 10.1 Å². The predicted octanol–water partition coefficient (Wildman–Crippen LogP) is 4.05. The van der Waals surface area contributed by atoms with Gasteiger partial charge in [-0.1, -0.05) is 60.7 Å². The van der Waals surface area contributed by atoms with Gasteiger partial charge in [-0.05, 0) is 39.9 Å². The first-order valence-corrected chi connectivity index (χ1v) is 10.00. The van der Waals surface area contributed by atoms with E-state index in [1.54, 1.807) is 12.1 Å². The summed E-state index contributed by atoms with van der Waals surface area (Å²) in [6, 6.07) is 22.0. The number of hydrogen-bond donors (Lipinski definition) is 0. The molecule has 3 aromatic rings. The molecular weight excluding hydrogens is 379 g/mol. The van der Waals surface area contributed by atoms with E-state index in [1.807, 2.05) is 24.3 Å². The van der Waals surface area contributed by atoms with Crippen LogP contribution in [0.4, 0.5) is 4.39 Å². The molecule has 146 valence electrons. The number of rotatable bonds is 2. The summed E-state index contributed by atoms with van der Waals surface area (Å²) in [5.41, 5.74) is 5.16. The lowest BCUT2D eigenvalue weighted by molar-refractivity contribution is -0.139. The largest absolute Gasteiger partial charge is 0.272 e. The van der Waals surface area contributed by atoms with E-state index in [4.69, 9.17) is 0 Å². The minimum absolute atomic E-state index is 0.144. The normalized spacial score (nSPS) is 26.1. The van der Waals surface area contributed by atoms with Gasteiger partial charge in [0.05, 0.1) is 18.1 Å². The van der Waals surface area contributed by atoms with E-state index in [9.17, 15) is 14.0 Å². The van der Waals surface area contributed by atoms with Gasteiger partial charge in [0.25, 0.3) is 11.8 Å². The Morgan fingerprint density at radius 2 is 1.13 bits per heavy atom. The van der Waals surface area contributed by atoms with Gasteiger partial charge in [0.2, 0.25) is 0 Å². The molecular formula is C25H17FN2O2. The molecule has 30 heavy (non-hydrogen) atoms. The van der Waals surface area contributed by atoms with E-state index in [0.717, 1.165) is 27.3 Å². The van der Waals surface area contributed by atoms with E-state index >= 15 is 0 Å². The standard InChI is InChI=1S/C25H17FN2O2/c26-15-11-9-14(10-12-15)13-27-28-24(29)22-20-16-5-1-2-6-17(16)21(23(22)25(28)30)19-8-4-3-7-18(19)20/h1-13,20-23H/b27-13-/t20?,21?,22-,23-/m1/s1. The topological polar surface area (TPSA) is 49.7 Å². The SMILES string of the molecule is O=C1[C@@H]2C3c4ccccc4C(c4ccccc43)[C@H]2C(=O)N1/N=C\c1ccc(F)cc1. The molecule has 1 saturated heterocycles.